The maximum absolute atomic E-state index is 11.7. The van der Waals surface area contributed by atoms with Crippen molar-refractivity contribution >= 4 is 11.9 Å². The lowest BCUT2D eigenvalue weighted by Gasteiger charge is -2.25. The Bertz CT molecular complexity index is 331. The fourth-order valence-electron chi connectivity index (χ4n) is 2.12. The summed E-state index contributed by atoms with van der Waals surface area (Å²) in [6.07, 6.45) is 5.26. The van der Waals surface area contributed by atoms with E-state index in [1.807, 2.05) is 20.8 Å². The van der Waals surface area contributed by atoms with Crippen LogP contribution in [0.3, 0.4) is 0 Å². The first-order valence-corrected chi connectivity index (χ1v) is 7.44. The fourth-order valence-corrected chi connectivity index (χ4v) is 2.12. The molecule has 0 spiro atoms. The van der Waals surface area contributed by atoms with Crippen molar-refractivity contribution in [2.45, 2.75) is 70.9 Å². The molecule has 0 aromatic carbocycles. The van der Waals surface area contributed by atoms with Gasteiger partial charge < -0.3 is 15.2 Å². The van der Waals surface area contributed by atoms with Crippen LogP contribution in [0.25, 0.3) is 0 Å². The molecule has 1 rings (SSSR count). The Hall–Kier alpha value is -1.10. The lowest BCUT2D eigenvalue weighted by atomic mass is 9.82. The maximum atomic E-state index is 11.7. The summed E-state index contributed by atoms with van der Waals surface area (Å²) in [5.41, 5.74) is -0.294. The summed E-state index contributed by atoms with van der Waals surface area (Å²) < 4.78 is 5.50. The molecule has 1 fully saturated rings. The van der Waals surface area contributed by atoms with Gasteiger partial charge in [0.15, 0.2) is 0 Å². The standard InChI is InChI=1S/C15H27NO4/c1-15(2,3)20-10-9-12(14(18)19)16-13(17)8-7-11-5-4-6-11/h11-12H,4-10H2,1-3H3,(H,16,17)(H,18,19). The van der Waals surface area contributed by atoms with Crippen molar-refractivity contribution in [3.63, 3.8) is 0 Å². The quantitative estimate of drug-likeness (QED) is 0.717. The van der Waals surface area contributed by atoms with Gasteiger partial charge in [-0.2, -0.15) is 0 Å². The Morgan fingerprint density at radius 2 is 2.00 bits per heavy atom. The number of carboxylic acid groups (broad SMARTS) is 1. The highest BCUT2D eigenvalue weighted by molar-refractivity contribution is 5.83. The molecule has 0 aromatic heterocycles. The molecule has 116 valence electrons. The number of ether oxygens (including phenoxy) is 1. The predicted molar refractivity (Wildman–Crippen MR) is 76.5 cm³/mol. The summed E-state index contributed by atoms with van der Waals surface area (Å²) in [6, 6.07) is -0.855. The van der Waals surface area contributed by atoms with Crippen molar-refractivity contribution in [2.24, 2.45) is 5.92 Å². The number of rotatable bonds is 8. The van der Waals surface area contributed by atoms with E-state index < -0.39 is 12.0 Å². The Balaban J connectivity index is 2.26. The van der Waals surface area contributed by atoms with Crippen molar-refractivity contribution in [1.29, 1.82) is 0 Å². The van der Waals surface area contributed by atoms with E-state index in [2.05, 4.69) is 5.32 Å². The van der Waals surface area contributed by atoms with Crippen LogP contribution in [-0.2, 0) is 14.3 Å². The number of hydrogen-bond donors (Lipinski definition) is 2. The summed E-state index contributed by atoms with van der Waals surface area (Å²) in [5.74, 6) is -0.507. The summed E-state index contributed by atoms with van der Waals surface area (Å²) >= 11 is 0. The second-order valence-electron chi connectivity index (χ2n) is 6.54. The van der Waals surface area contributed by atoms with Gasteiger partial charge in [-0.15, -0.1) is 0 Å². The van der Waals surface area contributed by atoms with Gasteiger partial charge in [0.05, 0.1) is 5.60 Å². The fraction of sp³-hybridized carbons (Fsp3) is 0.867. The Labute approximate surface area is 121 Å². The largest absolute Gasteiger partial charge is 0.480 e. The number of amides is 1. The summed E-state index contributed by atoms with van der Waals surface area (Å²) in [6.45, 7) is 6.07. The first kappa shape index (κ1) is 17.0. The Kier molecular flexibility index (Phi) is 6.46. The van der Waals surface area contributed by atoms with E-state index in [-0.39, 0.29) is 11.5 Å². The molecule has 0 aromatic rings. The summed E-state index contributed by atoms with van der Waals surface area (Å²) in [4.78, 5) is 22.9. The first-order chi connectivity index (χ1) is 9.28. The second-order valence-corrected chi connectivity index (χ2v) is 6.54. The van der Waals surface area contributed by atoms with Crippen molar-refractivity contribution in [3.05, 3.63) is 0 Å². The zero-order valence-electron chi connectivity index (χ0n) is 12.8. The van der Waals surface area contributed by atoms with Crippen molar-refractivity contribution < 1.29 is 19.4 Å². The van der Waals surface area contributed by atoms with Crippen LogP contribution in [0.15, 0.2) is 0 Å². The lowest BCUT2D eigenvalue weighted by molar-refractivity contribution is -0.142. The average Bonchev–Trinajstić information content (AvgIpc) is 2.23. The maximum Gasteiger partial charge on any atom is 0.326 e. The third-order valence-corrected chi connectivity index (χ3v) is 3.58. The van der Waals surface area contributed by atoms with Crippen LogP contribution in [-0.4, -0.2) is 35.2 Å². The SMILES string of the molecule is CC(C)(C)OCCC(NC(=O)CCC1CCC1)C(=O)O. The minimum Gasteiger partial charge on any atom is -0.480 e. The summed E-state index contributed by atoms with van der Waals surface area (Å²) in [5, 5.41) is 11.7. The molecule has 0 aliphatic heterocycles. The molecule has 20 heavy (non-hydrogen) atoms. The molecule has 0 bridgehead atoms. The highest BCUT2D eigenvalue weighted by atomic mass is 16.5. The van der Waals surface area contributed by atoms with Gasteiger partial charge in [0, 0.05) is 19.4 Å². The van der Waals surface area contributed by atoms with Gasteiger partial charge in [-0.1, -0.05) is 19.3 Å². The van der Waals surface area contributed by atoms with E-state index in [0.717, 1.165) is 6.42 Å². The van der Waals surface area contributed by atoms with Gasteiger partial charge in [0.1, 0.15) is 6.04 Å². The monoisotopic (exact) mass is 285 g/mol. The van der Waals surface area contributed by atoms with Crippen LogP contribution in [0.5, 0.6) is 0 Å². The van der Waals surface area contributed by atoms with Crippen LogP contribution in [0.1, 0.15) is 59.3 Å². The van der Waals surface area contributed by atoms with Gasteiger partial charge in [-0.05, 0) is 33.1 Å². The van der Waals surface area contributed by atoms with E-state index in [4.69, 9.17) is 9.84 Å². The van der Waals surface area contributed by atoms with Gasteiger partial charge >= 0.3 is 5.97 Å². The van der Waals surface area contributed by atoms with Gasteiger partial charge in [0.2, 0.25) is 5.91 Å². The van der Waals surface area contributed by atoms with Crippen molar-refractivity contribution in [2.75, 3.05) is 6.61 Å². The molecular formula is C15H27NO4. The molecule has 0 heterocycles. The van der Waals surface area contributed by atoms with Gasteiger partial charge in [-0.3, -0.25) is 4.79 Å². The smallest absolute Gasteiger partial charge is 0.326 e. The third-order valence-electron chi connectivity index (χ3n) is 3.58. The number of aliphatic carboxylic acids is 1. The van der Waals surface area contributed by atoms with Crippen LogP contribution in [0.2, 0.25) is 0 Å². The topological polar surface area (TPSA) is 75.6 Å². The van der Waals surface area contributed by atoms with Crippen molar-refractivity contribution in [3.8, 4) is 0 Å². The molecule has 1 aliphatic rings. The van der Waals surface area contributed by atoms with Crippen molar-refractivity contribution in [1.82, 2.24) is 5.32 Å². The molecular weight excluding hydrogens is 258 g/mol. The minimum atomic E-state index is -1.00. The molecule has 1 amide bonds. The van der Waals surface area contributed by atoms with Crippen LogP contribution >= 0.6 is 0 Å². The third kappa shape index (κ3) is 6.89. The Morgan fingerprint density at radius 3 is 2.45 bits per heavy atom. The van der Waals surface area contributed by atoms with E-state index in [0.29, 0.717) is 25.4 Å². The van der Waals surface area contributed by atoms with E-state index in [1.54, 1.807) is 0 Å². The number of hydrogen-bond acceptors (Lipinski definition) is 3. The highest BCUT2D eigenvalue weighted by Gasteiger charge is 2.23. The molecule has 0 radical (unpaired) electrons. The highest BCUT2D eigenvalue weighted by Crippen LogP contribution is 2.30. The lowest BCUT2D eigenvalue weighted by Crippen LogP contribution is -2.42. The molecule has 1 unspecified atom stereocenters. The predicted octanol–water partition coefficient (Wildman–Crippen LogP) is 2.34. The second kappa shape index (κ2) is 7.62. The van der Waals surface area contributed by atoms with E-state index >= 15 is 0 Å². The minimum absolute atomic E-state index is 0.167. The zero-order valence-corrected chi connectivity index (χ0v) is 12.8. The first-order valence-electron chi connectivity index (χ1n) is 7.44. The number of carbonyl (C=O) groups is 2. The summed E-state index contributed by atoms with van der Waals surface area (Å²) in [7, 11) is 0. The molecule has 1 atom stereocenters. The number of carboxylic acids is 1. The molecule has 1 aliphatic carbocycles. The van der Waals surface area contributed by atoms with Crippen LogP contribution in [0.4, 0.5) is 0 Å². The number of carbonyl (C=O) groups excluding carboxylic acids is 1. The molecule has 1 saturated carbocycles. The van der Waals surface area contributed by atoms with E-state index in [9.17, 15) is 9.59 Å². The average molecular weight is 285 g/mol. The molecule has 5 nitrogen and oxygen atoms in total. The Morgan fingerprint density at radius 1 is 1.35 bits per heavy atom. The number of nitrogens with one attached hydrogen (secondary N) is 1. The van der Waals surface area contributed by atoms with E-state index in [1.165, 1.54) is 19.3 Å². The van der Waals surface area contributed by atoms with Gasteiger partial charge in [-0.25, -0.2) is 4.79 Å². The van der Waals surface area contributed by atoms with Crippen LogP contribution < -0.4 is 5.32 Å². The molecule has 0 saturated heterocycles. The molecule has 5 heteroatoms. The molecule has 2 N–H and O–H groups in total. The normalized spacial score (nSPS) is 17.4. The van der Waals surface area contributed by atoms with Crippen LogP contribution in [0, 0.1) is 5.92 Å². The zero-order chi connectivity index (χ0) is 15.2. The van der Waals surface area contributed by atoms with Gasteiger partial charge in [0.25, 0.3) is 0 Å².